The SMILES string of the molecule is CCOC(=O)N1c2ccc(OC)nc2[C@H](C(c2cc(C(F)(F)F)cc(C(F)(F)F)c2)c2ncc(CC(N)(OC)C(=O)O)cn2)C[C@@]1(N)CC. The molecule has 0 aliphatic carbocycles. The van der Waals surface area contributed by atoms with E-state index in [-0.39, 0.29) is 54.2 Å². The highest BCUT2D eigenvalue weighted by atomic mass is 19.4. The molecule has 3 heterocycles. The molecule has 4 atom stereocenters. The average Bonchev–Trinajstić information content (AvgIpc) is 3.04. The van der Waals surface area contributed by atoms with E-state index < -0.39 is 70.7 Å². The first-order valence-corrected chi connectivity index (χ1v) is 14.8. The van der Waals surface area contributed by atoms with Crippen LogP contribution in [0, 0.1) is 0 Å². The number of nitrogens with two attached hydrogens (primary N) is 2. The molecule has 1 aromatic carbocycles. The van der Waals surface area contributed by atoms with E-state index in [0.717, 1.165) is 24.4 Å². The molecule has 2 unspecified atom stereocenters. The number of alkyl halides is 6. The summed E-state index contributed by atoms with van der Waals surface area (Å²) < 4.78 is 100. The Morgan fingerprint density at radius 3 is 2.10 bits per heavy atom. The Labute approximate surface area is 276 Å². The topological polar surface area (TPSA) is 176 Å². The number of ether oxygens (including phenoxy) is 3. The van der Waals surface area contributed by atoms with Gasteiger partial charge in [-0.2, -0.15) is 26.3 Å². The van der Waals surface area contributed by atoms with E-state index >= 15 is 0 Å². The van der Waals surface area contributed by atoms with Crippen molar-refractivity contribution < 1.29 is 55.2 Å². The minimum atomic E-state index is -5.18. The van der Waals surface area contributed by atoms with Crippen molar-refractivity contribution in [1.29, 1.82) is 0 Å². The lowest BCUT2D eigenvalue weighted by atomic mass is 9.73. The third kappa shape index (κ3) is 7.55. The van der Waals surface area contributed by atoms with Crippen LogP contribution in [0.3, 0.4) is 0 Å². The molecule has 1 amide bonds. The number of hydrogen-bond donors (Lipinski definition) is 3. The number of fused-ring (bicyclic) bond motifs is 1. The molecule has 266 valence electrons. The number of aromatic nitrogens is 3. The number of nitrogens with zero attached hydrogens (tertiary/aromatic N) is 4. The molecule has 4 rings (SSSR count). The fourth-order valence-corrected chi connectivity index (χ4v) is 5.75. The number of amides is 1. The minimum absolute atomic E-state index is 0.000145. The number of rotatable bonds is 10. The number of benzene rings is 1. The summed E-state index contributed by atoms with van der Waals surface area (Å²) in [6.45, 7) is 3.19. The van der Waals surface area contributed by atoms with Gasteiger partial charge in [-0.05, 0) is 55.2 Å². The molecule has 2 aromatic heterocycles. The van der Waals surface area contributed by atoms with Gasteiger partial charge in [-0.15, -0.1) is 0 Å². The molecule has 18 heteroatoms. The van der Waals surface area contributed by atoms with Gasteiger partial charge in [0.1, 0.15) is 5.82 Å². The Morgan fingerprint density at radius 2 is 1.63 bits per heavy atom. The summed E-state index contributed by atoms with van der Waals surface area (Å²) in [6, 6.07) is 3.98. The lowest BCUT2D eigenvalue weighted by Crippen LogP contribution is -2.62. The van der Waals surface area contributed by atoms with E-state index in [2.05, 4.69) is 15.0 Å². The second-order valence-corrected chi connectivity index (χ2v) is 11.4. The maximum Gasteiger partial charge on any atom is 0.416 e. The number of pyridine rings is 1. The summed E-state index contributed by atoms with van der Waals surface area (Å²) in [5.74, 6) is -4.38. The van der Waals surface area contributed by atoms with Crippen molar-refractivity contribution in [3.63, 3.8) is 0 Å². The van der Waals surface area contributed by atoms with Crippen LogP contribution >= 0.6 is 0 Å². The van der Waals surface area contributed by atoms with Crippen LogP contribution in [0.5, 0.6) is 5.88 Å². The first-order valence-electron chi connectivity index (χ1n) is 14.8. The van der Waals surface area contributed by atoms with Gasteiger partial charge in [-0.3, -0.25) is 10.6 Å². The van der Waals surface area contributed by atoms with E-state index in [1.165, 1.54) is 19.2 Å². The molecule has 0 radical (unpaired) electrons. The number of carbonyl (C=O) groups excluding carboxylic acids is 1. The Balaban J connectivity index is 2.04. The zero-order valence-corrected chi connectivity index (χ0v) is 26.7. The van der Waals surface area contributed by atoms with Crippen LogP contribution in [-0.4, -0.2) is 64.3 Å². The monoisotopic (exact) mass is 700 g/mol. The highest BCUT2D eigenvalue weighted by Gasteiger charge is 2.50. The summed E-state index contributed by atoms with van der Waals surface area (Å²) in [4.78, 5) is 39.2. The van der Waals surface area contributed by atoms with Crippen LogP contribution in [0.25, 0.3) is 0 Å². The standard InChI is InChI=1S/C31H34F6N6O6/c1-5-28(38)13-20(24-21(7-8-22(42-24)47-3)43(28)27(46)49-6-2)23(17-9-18(30(32,33)34)11-19(10-17)31(35,36)37)25-40-14-16(15-41-25)12-29(39,48-4)26(44)45/h7-11,14-15,20,23H,5-6,12-13,38-39H2,1-4H3,(H,44,45)/t20-,23?,28+,29?/m0/s1. The largest absolute Gasteiger partial charge is 0.481 e. The van der Waals surface area contributed by atoms with E-state index in [0.29, 0.717) is 12.1 Å². The predicted molar refractivity (Wildman–Crippen MR) is 160 cm³/mol. The molecule has 0 fully saturated rings. The van der Waals surface area contributed by atoms with Crippen LogP contribution in [-0.2, 0) is 33.0 Å². The third-order valence-electron chi connectivity index (χ3n) is 8.33. The maximum atomic E-state index is 14.1. The van der Waals surface area contributed by atoms with E-state index in [1.54, 1.807) is 13.8 Å². The van der Waals surface area contributed by atoms with Crippen molar-refractivity contribution in [2.75, 3.05) is 25.7 Å². The maximum absolute atomic E-state index is 14.1. The van der Waals surface area contributed by atoms with Gasteiger partial charge in [0.15, 0.2) is 0 Å². The Bertz CT molecular complexity index is 1660. The quantitative estimate of drug-likeness (QED) is 0.187. The van der Waals surface area contributed by atoms with Crippen LogP contribution in [0.15, 0.2) is 42.7 Å². The number of carbonyl (C=O) groups is 2. The molecule has 1 aliphatic rings. The van der Waals surface area contributed by atoms with Crippen molar-refractivity contribution in [1.82, 2.24) is 15.0 Å². The van der Waals surface area contributed by atoms with Crippen LogP contribution in [0.1, 0.15) is 72.3 Å². The molecular formula is C31H34F6N6O6. The van der Waals surface area contributed by atoms with Gasteiger partial charge in [-0.1, -0.05) is 6.92 Å². The average molecular weight is 701 g/mol. The minimum Gasteiger partial charge on any atom is -0.481 e. The highest BCUT2D eigenvalue weighted by molar-refractivity contribution is 5.91. The molecule has 0 saturated carbocycles. The summed E-state index contributed by atoms with van der Waals surface area (Å²) in [6.07, 6.45) is -9.55. The number of hydrogen-bond acceptors (Lipinski definition) is 10. The second kappa shape index (κ2) is 13.8. The van der Waals surface area contributed by atoms with Crippen molar-refractivity contribution in [3.05, 3.63) is 76.5 Å². The molecule has 0 saturated heterocycles. The number of carboxylic acids is 1. The smallest absolute Gasteiger partial charge is 0.416 e. The lowest BCUT2D eigenvalue weighted by Gasteiger charge is -2.48. The van der Waals surface area contributed by atoms with Crippen molar-refractivity contribution in [2.24, 2.45) is 11.5 Å². The fraction of sp³-hybridized carbons (Fsp3) is 0.452. The second-order valence-electron chi connectivity index (χ2n) is 11.4. The van der Waals surface area contributed by atoms with Crippen molar-refractivity contribution in [3.8, 4) is 5.88 Å². The van der Waals surface area contributed by atoms with Gasteiger partial charge < -0.3 is 25.1 Å². The van der Waals surface area contributed by atoms with Gasteiger partial charge in [0, 0.05) is 37.9 Å². The number of halogens is 6. The zero-order valence-electron chi connectivity index (χ0n) is 26.7. The number of anilines is 1. The summed E-state index contributed by atoms with van der Waals surface area (Å²) in [7, 11) is 2.37. The van der Waals surface area contributed by atoms with Crippen LogP contribution in [0.2, 0.25) is 0 Å². The summed E-state index contributed by atoms with van der Waals surface area (Å²) in [5.41, 5.74) is 5.49. The van der Waals surface area contributed by atoms with Crippen molar-refractivity contribution in [2.45, 2.75) is 68.7 Å². The number of aliphatic carboxylic acids is 1. The third-order valence-corrected chi connectivity index (χ3v) is 8.33. The van der Waals surface area contributed by atoms with E-state index in [9.17, 15) is 41.0 Å². The van der Waals surface area contributed by atoms with Gasteiger partial charge >= 0.3 is 24.4 Å². The van der Waals surface area contributed by atoms with Crippen LogP contribution < -0.4 is 21.1 Å². The first-order chi connectivity index (χ1) is 22.8. The highest BCUT2D eigenvalue weighted by Crippen LogP contribution is 2.51. The van der Waals surface area contributed by atoms with E-state index in [1.807, 2.05) is 0 Å². The number of carboxylic acid groups (broad SMARTS) is 1. The molecule has 1 aliphatic heterocycles. The lowest BCUT2D eigenvalue weighted by molar-refractivity contribution is -0.161. The first kappa shape index (κ1) is 37.3. The van der Waals surface area contributed by atoms with Gasteiger partial charge in [0.2, 0.25) is 11.6 Å². The van der Waals surface area contributed by atoms with E-state index in [4.69, 9.17) is 25.7 Å². The Morgan fingerprint density at radius 1 is 1.04 bits per heavy atom. The zero-order chi connectivity index (χ0) is 36.5. The fourth-order valence-electron chi connectivity index (χ4n) is 5.75. The Hall–Kier alpha value is -4.55. The Kier molecular flexibility index (Phi) is 10.5. The van der Waals surface area contributed by atoms with Gasteiger partial charge in [0.25, 0.3) is 0 Å². The molecule has 5 N–H and O–H groups in total. The van der Waals surface area contributed by atoms with Gasteiger partial charge in [0.05, 0.1) is 47.8 Å². The summed E-state index contributed by atoms with van der Waals surface area (Å²) >= 11 is 0. The molecule has 0 bridgehead atoms. The normalized spacial score (nSPS) is 19.8. The molecule has 0 spiro atoms. The number of methoxy groups -OCH3 is 2. The van der Waals surface area contributed by atoms with Crippen LogP contribution in [0.4, 0.5) is 36.8 Å². The molecule has 12 nitrogen and oxygen atoms in total. The summed E-state index contributed by atoms with van der Waals surface area (Å²) in [5, 5.41) is 9.50. The predicted octanol–water partition coefficient (Wildman–Crippen LogP) is 5.19. The molecule has 49 heavy (non-hydrogen) atoms. The van der Waals surface area contributed by atoms with Crippen molar-refractivity contribution >= 4 is 17.7 Å². The molecule has 3 aromatic rings. The molecular weight excluding hydrogens is 666 g/mol. The van der Waals surface area contributed by atoms with Gasteiger partial charge in [-0.25, -0.2) is 24.5 Å².